The van der Waals surface area contributed by atoms with Gasteiger partial charge in [0.1, 0.15) is 23.0 Å². The highest BCUT2D eigenvalue weighted by molar-refractivity contribution is 7.15. The normalized spacial score (nSPS) is 12.8. The number of carbonyl (C=O) groups excluding carboxylic acids is 2. The van der Waals surface area contributed by atoms with Crippen LogP contribution in [0.5, 0.6) is 0 Å². The van der Waals surface area contributed by atoms with E-state index in [4.69, 9.17) is 10.00 Å². The zero-order valence-corrected chi connectivity index (χ0v) is 16.7. The van der Waals surface area contributed by atoms with E-state index in [0.29, 0.717) is 10.6 Å². The van der Waals surface area contributed by atoms with Crippen LogP contribution in [0.15, 0.2) is 53.9 Å². The van der Waals surface area contributed by atoms with Crippen molar-refractivity contribution in [3.63, 3.8) is 0 Å². The van der Waals surface area contributed by atoms with Crippen molar-refractivity contribution in [2.24, 2.45) is 5.92 Å². The first-order chi connectivity index (χ1) is 14.6. The molecule has 1 N–H and O–H groups in total. The number of esters is 1. The number of nitrogens with zero attached hydrogens (tertiary/aromatic N) is 1. The lowest BCUT2D eigenvalue weighted by Crippen LogP contribution is -2.16. The molecule has 4 rings (SSSR count). The minimum atomic E-state index is -0.664. The Hall–Kier alpha value is -3.50. The molecule has 1 amide bonds. The van der Waals surface area contributed by atoms with Gasteiger partial charge in [0, 0.05) is 22.4 Å². The fourth-order valence-electron chi connectivity index (χ4n) is 3.01. The van der Waals surface area contributed by atoms with Crippen LogP contribution in [0.25, 0.3) is 11.1 Å². The Morgan fingerprint density at radius 1 is 1.20 bits per heavy atom. The molecular formula is C23H17FN2O3S. The molecule has 30 heavy (non-hydrogen) atoms. The maximum atomic E-state index is 14.0. The van der Waals surface area contributed by atoms with Crippen LogP contribution in [0.2, 0.25) is 0 Å². The van der Waals surface area contributed by atoms with Crippen molar-refractivity contribution in [3.8, 4) is 17.2 Å². The number of anilines is 1. The molecule has 0 radical (unpaired) electrons. The van der Waals surface area contributed by atoms with Crippen LogP contribution in [0, 0.1) is 23.1 Å². The van der Waals surface area contributed by atoms with Gasteiger partial charge in [-0.15, -0.1) is 11.3 Å². The predicted molar refractivity (Wildman–Crippen MR) is 111 cm³/mol. The van der Waals surface area contributed by atoms with Crippen LogP contribution in [-0.2, 0) is 16.1 Å². The summed E-state index contributed by atoms with van der Waals surface area (Å²) in [4.78, 5) is 25.2. The van der Waals surface area contributed by atoms with E-state index in [2.05, 4.69) is 5.32 Å². The van der Waals surface area contributed by atoms with E-state index < -0.39 is 11.8 Å². The second-order valence-electron chi connectivity index (χ2n) is 6.98. The van der Waals surface area contributed by atoms with E-state index in [1.165, 1.54) is 29.5 Å². The first-order valence-corrected chi connectivity index (χ1v) is 10.3. The third-order valence-corrected chi connectivity index (χ3v) is 5.69. The van der Waals surface area contributed by atoms with E-state index in [-0.39, 0.29) is 35.1 Å². The van der Waals surface area contributed by atoms with Crippen molar-refractivity contribution in [2.75, 3.05) is 5.32 Å². The highest BCUT2D eigenvalue weighted by Crippen LogP contribution is 2.38. The molecule has 1 heterocycles. The second kappa shape index (κ2) is 8.47. The topological polar surface area (TPSA) is 79.2 Å². The summed E-state index contributed by atoms with van der Waals surface area (Å²) >= 11 is 1.25. The van der Waals surface area contributed by atoms with Crippen LogP contribution in [0.3, 0.4) is 0 Å². The number of halogens is 1. The molecule has 1 aliphatic rings. The van der Waals surface area contributed by atoms with Gasteiger partial charge >= 0.3 is 5.97 Å². The maximum Gasteiger partial charge on any atom is 0.342 e. The summed E-state index contributed by atoms with van der Waals surface area (Å²) in [6.07, 6.45) is 1.69. The molecule has 1 saturated carbocycles. The molecule has 0 atom stereocenters. The minimum Gasteiger partial charge on any atom is -0.457 e. The smallest absolute Gasteiger partial charge is 0.342 e. The van der Waals surface area contributed by atoms with Gasteiger partial charge in [-0.25, -0.2) is 9.18 Å². The molecule has 5 nitrogen and oxygen atoms in total. The Morgan fingerprint density at radius 2 is 1.97 bits per heavy atom. The number of benzene rings is 2. The molecule has 2 aromatic carbocycles. The molecule has 0 unspecified atom stereocenters. The van der Waals surface area contributed by atoms with Gasteiger partial charge in [-0.1, -0.05) is 30.3 Å². The van der Waals surface area contributed by atoms with Crippen molar-refractivity contribution in [3.05, 3.63) is 76.4 Å². The molecule has 3 aromatic rings. The second-order valence-corrected chi connectivity index (χ2v) is 7.86. The maximum absolute atomic E-state index is 14.0. The molecule has 0 spiro atoms. The van der Waals surface area contributed by atoms with Crippen LogP contribution < -0.4 is 5.32 Å². The number of hydrogen-bond acceptors (Lipinski definition) is 5. The first-order valence-electron chi connectivity index (χ1n) is 9.40. The number of thiophene rings is 1. The van der Waals surface area contributed by atoms with Crippen LogP contribution in [0.4, 0.5) is 9.39 Å². The fraction of sp³-hybridized carbons (Fsp3) is 0.174. The van der Waals surface area contributed by atoms with E-state index in [9.17, 15) is 14.0 Å². The number of nitriles is 1. The van der Waals surface area contributed by atoms with E-state index in [1.54, 1.807) is 5.38 Å². The average molecular weight is 420 g/mol. The first kappa shape index (κ1) is 19.8. The van der Waals surface area contributed by atoms with Gasteiger partial charge in [-0.2, -0.15) is 5.26 Å². The van der Waals surface area contributed by atoms with Gasteiger partial charge in [-0.3, -0.25) is 4.79 Å². The quantitative estimate of drug-likeness (QED) is 0.561. The average Bonchev–Trinajstić information content (AvgIpc) is 3.54. The summed E-state index contributed by atoms with van der Waals surface area (Å²) in [6, 6.07) is 15.1. The summed E-state index contributed by atoms with van der Waals surface area (Å²) in [6.45, 7) is -0.319. The molecule has 7 heteroatoms. The third-order valence-electron chi connectivity index (χ3n) is 4.80. The Balaban J connectivity index is 1.62. The van der Waals surface area contributed by atoms with Gasteiger partial charge in [0.2, 0.25) is 5.91 Å². The highest BCUT2D eigenvalue weighted by atomic mass is 32.1. The lowest BCUT2D eigenvalue weighted by atomic mass is 10.0. The molecule has 150 valence electrons. The molecule has 0 aliphatic heterocycles. The van der Waals surface area contributed by atoms with E-state index in [0.717, 1.165) is 18.4 Å². The monoisotopic (exact) mass is 420 g/mol. The number of carbonyl (C=O) groups is 2. The van der Waals surface area contributed by atoms with Crippen molar-refractivity contribution >= 4 is 28.2 Å². The lowest BCUT2D eigenvalue weighted by Gasteiger charge is -2.10. The van der Waals surface area contributed by atoms with Crippen molar-refractivity contribution in [1.29, 1.82) is 5.26 Å². The Bertz CT molecular complexity index is 1150. The Kier molecular flexibility index (Phi) is 5.59. The summed E-state index contributed by atoms with van der Waals surface area (Å²) in [5.41, 5.74) is 2.09. The van der Waals surface area contributed by atoms with Gasteiger partial charge < -0.3 is 10.1 Å². The predicted octanol–water partition coefficient (Wildman–Crippen LogP) is 5.13. The summed E-state index contributed by atoms with van der Waals surface area (Å²) in [7, 11) is 0. The Labute approximate surface area is 176 Å². The number of amides is 1. The standard InChI is InChI=1S/C23H17FN2O3S/c24-19-9-6-14(11-25)10-17(19)12-29-23(28)20-18(15-4-2-1-3-5-15)13-30-22(20)26-21(27)16-7-8-16/h1-6,9-10,13,16H,7-8,12H2,(H,26,27). The van der Waals surface area contributed by atoms with Gasteiger partial charge in [0.25, 0.3) is 0 Å². The fourth-order valence-corrected chi connectivity index (χ4v) is 3.97. The van der Waals surface area contributed by atoms with E-state index in [1.807, 2.05) is 36.4 Å². The van der Waals surface area contributed by atoms with Crippen molar-refractivity contribution in [1.82, 2.24) is 0 Å². The summed E-state index contributed by atoms with van der Waals surface area (Å²) in [5, 5.41) is 14.0. The highest BCUT2D eigenvalue weighted by Gasteiger charge is 2.31. The number of hydrogen-bond donors (Lipinski definition) is 1. The molecule has 1 fully saturated rings. The third kappa shape index (κ3) is 4.24. The number of ether oxygens (including phenoxy) is 1. The Morgan fingerprint density at radius 3 is 2.67 bits per heavy atom. The largest absolute Gasteiger partial charge is 0.457 e. The molecule has 0 saturated heterocycles. The van der Waals surface area contributed by atoms with Gasteiger partial charge in [0.05, 0.1) is 11.6 Å². The number of rotatable bonds is 6. The van der Waals surface area contributed by atoms with Crippen LogP contribution in [0.1, 0.15) is 34.3 Å². The molecule has 0 bridgehead atoms. The minimum absolute atomic E-state index is 0.0148. The van der Waals surface area contributed by atoms with Crippen LogP contribution in [-0.4, -0.2) is 11.9 Å². The SMILES string of the molecule is N#Cc1ccc(F)c(COC(=O)c2c(-c3ccccc3)csc2NC(=O)C2CC2)c1. The van der Waals surface area contributed by atoms with Gasteiger partial charge in [-0.05, 0) is 36.6 Å². The van der Waals surface area contributed by atoms with Crippen LogP contribution >= 0.6 is 11.3 Å². The van der Waals surface area contributed by atoms with Gasteiger partial charge in [0.15, 0.2) is 0 Å². The lowest BCUT2D eigenvalue weighted by molar-refractivity contribution is -0.117. The zero-order chi connectivity index (χ0) is 21.1. The van der Waals surface area contributed by atoms with Crippen molar-refractivity contribution < 1.29 is 18.7 Å². The molecule has 1 aliphatic carbocycles. The number of nitrogens with one attached hydrogen (secondary N) is 1. The molecular weight excluding hydrogens is 403 g/mol. The summed E-state index contributed by atoms with van der Waals surface area (Å²) in [5.74, 6) is -1.35. The summed E-state index contributed by atoms with van der Waals surface area (Å²) < 4.78 is 19.4. The van der Waals surface area contributed by atoms with Crippen molar-refractivity contribution in [2.45, 2.75) is 19.4 Å². The van der Waals surface area contributed by atoms with E-state index >= 15 is 0 Å². The zero-order valence-electron chi connectivity index (χ0n) is 15.9. The molecule has 1 aromatic heterocycles.